The number of imidazole rings is 1. The van der Waals surface area contributed by atoms with Crippen molar-refractivity contribution in [2.45, 2.75) is 38.1 Å². The Morgan fingerprint density at radius 2 is 1.76 bits per heavy atom. The Balaban J connectivity index is 1.30. The van der Waals surface area contributed by atoms with Crippen LogP contribution in [0, 0.1) is 0 Å². The highest BCUT2D eigenvalue weighted by Gasteiger charge is 2.27. The Hall–Kier alpha value is -2.73. The zero-order chi connectivity index (χ0) is 19.6. The van der Waals surface area contributed by atoms with Crippen molar-refractivity contribution in [2.75, 3.05) is 26.2 Å². The van der Waals surface area contributed by atoms with Crippen LogP contribution in [0.2, 0.25) is 0 Å². The molecule has 0 spiro atoms. The average Bonchev–Trinajstić information content (AvgIpc) is 3.24. The van der Waals surface area contributed by atoms with Crippen LogP contribution in [0.25, 0.3) is 16.9 Å². The molecule has 1 aliphatic carbocycles. The van der Waals surface area contributed by atoms with Crippen LogP contribution >= 0.6 is 0 Å². The van der Waals surface area contributed by atoms with Crippen LogP contribution in [0.5, 0.6) is 0 Å². The van der Waals surface area contributed by atoms with Gasteiger partial charge in [-0.05, 0) is 43.2 Å². The van der Waals surface area contributed by atoms with Crippen molar-refractivity contribution in [1.29, 1.82) is 0 Å². The maximum Gasteiger partial charge on any atom is 0.254 e. The van der Waals surface area contributed by atoms with Crippen molar-refractivity contribution >= 4 is 17.1 Å². The van der Waals surface area contributed by atoms with Crippen molar-refractivity contribution in [3.05, 3.63) is 54.5 Å². The second-order valence-corrected chi connectivity index (χ2v) is 8.13. The summed E-state index contributed by atoms with van der Waals surface area (Å²) < 4.78 is 1.94. The highest BCUT2D eigenvalue weighted by atomic mass is 16.2. The summed E-state index contributed by atoms with van der Waals surface area (Å²) in [5.41, 5.74) is 3.30. The molecule has 0 radical (unpaired) electrons. The molecule has 1 aromatic carbocycles. The van der Waals surface area contributed by atoms with E-state index >= 15 is 0 Å². The van der Waals surface area contributed by atoms with Crippen LogP contribution in [0.4, 0.5) is 0 Å². The number of carbonyl (C=O) groups excluding carboxylic acids is 1. The van der Waals surface area contributed by atoms with Gasteiger partial charge in [0.2, 0.25) is 0 Å². The first-order valence-electron chi connectivity index (χ1n) is 10.7. The molecule has 0 unspecified atom stereocenters. The summed E-state index contributed by atoms with van der Waals surface area (Å²) in [6.45, 7) is 3.61. The molecule has 6 nitrogen and oxygen atoms in total. The fourth-order valence-corrected chi connectivity index (χ4v) is 4.75. The van der Waals surface area contributed by atoms with Gasteiger partial charge >= 0.3 is 0 Å². The Kier molecular flexibility index (Phi) is 5.02. The van der Waals surface area contributed by atoms with Gasteiger partial charge in [0.15, 0.2) is 5.65 Å². The molecule has 1 amide bonds. The van der Waals surface area contributed by atoms with Gasteiger partial charge in [0, 0.05) is 49.7 Å². The van der Waals surface area contributed by atoms with Gasteiger partial charge in [0.25, 0.3) is 5.91 Å². The molecule has 2 fully saturated rings. The number of nitrogens with zero attached hydrogens (tertiary/aromatic N) is 5. The highest BCUT2D eigenvalue weighted by molar-refractivity contribution is 5.95. The van der Waals surface area contributed by atoms with Gasteiger partial charge in [-0.2, -0.15) is 0 Å². The van der Waals surface area contributed by atoms with Crippen molar-refractivity contribution < 1.29 is 4.79 Å². The molecule has 1 saturated carbocycles. The first kappa shape index (κ1) is 18.3. The molecule has 6 heteroatoms. The van der Waals surface area contributed by atoms with Gasteiger partial charge in [-0.3, -0.25) is 14.3 Å². The van der Waals surface area contributed by atoms with E-state index in [0.717, 1.165) is 54.6 Å². The number of carbonyl (C=O) groups is 1. The molecule has 0 atom stereocenters. The molecule has 0 N–H and O–H groups in total. The molecule has 1 aliphatic heterocycles. The number of hydrogen-bond acceptors (Lipinski definition) is 4. The quantitative estimate of drug-likeness (QED) is 0.688. The van der Waals surface area contributed by atoms with Crippen LogP contribution in [0.3, 0.4) is 0 Å². The number of rotatable bonds is 3. The van der Waals surface area contributed by atoms with Crippen molar-refractivity contribution in [2.24, 2.45) is 0 Å². The third-order valence-corrected chi connectivity index (χ3v) is 6.37. The van der Waals surface area contributed by atoms with E-state index in [9.17, 15) is 4.79 Å². The first-order valence-corrected chi connectivity index (χ1v) is 10.7. The topological polar surface area (TPSA) is 54.3 Å². The summed E-state index contributed by atoms with van der Waals surface area (Å²) in [6, 6.07) is 12.3. The molecule has 3 heterocycles. The van der Waals surface area contributed by atoms with E-state index in [1.165, 1.54) is 32.1 Å². The van der Waals surface area contributed by atoms with E-state index in [1.54, 1.807) is 12.5 Å². The maximum atomic E-state index is 13.1. The lowest BCUT2D eigenvalue weighted by Gasteiger charge is -2.40. The van der Waals surface area contributed by atoms with Gasteiger partial charge in [-0.25, -0.2) is 9.97 Å². The zero-order valence-corrected chi connectivity index (χ0v) is 16.7. The number of fused-ring (bicyclic) bond motifs is 1. The Labute approximate surface area is 171 Å². The number of aromatic nitrogens is 3. The minimum Gasteiger partial charge on any atom is -0.336 e. The Morgan fingerprint density at radius 3 is 2.59 bits per heavy atom. The van der Waals surface area contributed by atoms with Crippen LogP contribution in [0.1, 0.15) is 42.5 Å². The molecule has 29 heavy (non-hydrogen) atoms. The van der Waals surface area contributed by atoms with Gasteiger partial charge < -0.3 is 4.90 Å². The number of benzene rings is 1. The minimum atomic E-state index is 0.118. The van der Waals surface area contributed by atoms with Crippen molar-refractivity contribution in [3.8, 4) is 5.69 Å². The van der Waals surface area contributed by atoms with Gasteiger partial charge in [-0.15, -0.1) is 0 Å². The summed E-state index contributed by atoms with van der Waals surface area (Å²) in [6.07, 6.45) is 10.3. The minimum absolute atomic E-state index is 0.118. The van der Waals surface area contributed by atoms with Crippen LogP contribution in [-0.4, -0.2) is 62.5 Å². The van der Waals surface area contributed by atoms with E-state index < -0.39 is 0 Å². The number of piperazine rings is 1. The van der Waals surface area contributed by atoms with E-state index in [2.05, 4.69) is 14.9 Å². The van der Waals surface area contributed by atoms with Crippen molar-refractivity contribution in [1.82, 2.24) is 24.3 Å². The smallest absolute Gasteiger partial charge is 0.254 e. The number of amides is 1. The summed E-state index contributed by atoms with van der Waals surface area (Å²) in [7, 11) is 0. The Morgan fingerprint density at radius 1 is 0.931 bits per heavy atom. The predicted molar refractivity (Wildman–Crippen MR) is 113 cm³/mol. The molecule has 3 aromatic rings. The molecule has 1 saturated heterocycles. The zero-order valence-electron chi connectivity index (χ0n) is 16.7. The lowest BCUT2D eigenvalue weighted by atomic mass is 9.94. The average molecular weight is 390 g/mol. The molecular formula is C23H27N5O. The maximum absolute atomic E-state index is 13.1. The first-order chi connectivity index (χ1) is 14.3. The SMILES string of the molecule is O=C(c1cccc(-n2cnc3cccnc32)c1)N1CCN(C2CCCCC2)CC1. The standard InChI is InChI=1S/C23H27N5O/c29-23(27-14-12-26(13-15-27)19-7-2-1-3-8-19)18-6-4-9-20(16-18)28-17-25-21-10-5-11-24-22(21)28/h4-6,9-11,16-17,19H,1-3,7-8,12-15H2. The van der Waals surface area contributed by atoms with Crippen LogP contribution in [0.15, 0.2) is 48.9 Å². The molecule has 2 aromatic heterocycles. The van der Waals surface area contributed by atoms with Gasteiger partial charge in [0.1, 0.15) is 11.8 Å². The van der Waals surface area contributed by atoms with Gasteiger partial charge in [-0.1, -0.05) is 25.3 Å². The van der Waals surface area contributed by atoms with E-state index in [-0.39, 0.29) is 5.91 Å². The normalized spacial score (nSPS) is 19.0. The Bertz CT molecular complexity index is 999. The predicted octanol–water partition coefficient (Wildman–Crippen LogP) is 3.51. The largest absolute Gasteiger partial charge is 0.336 e. The second-order valence-electron chi connectivity index (χ2n) is 8.13. The molecular weight excluding hydrogens is 362 g/mol. The fourth-order valence-electron chi connectivity index (χ4n) is 4.75. The summed E-state index contributed by atoms with van der Waals surface area (Å²) in [5.74, 6) is 0.118. The van der Waals surface area contributed by atoms with Crippen molar-refractivity contribution in [3.63, 3.8) is 0 Å². The molecule has 0 bridgehead atoms. The third kappa shape index (κ3) is 3.65. The number of pyridine rings is 1. The monoisotopic (exact) mass is 389 g/mol. The molecule has 2 aliphatic rings. The lowest BCUT2D eigenvalue weighted by molar-refractivity contribution is 0.0523. The summed E-state index contributed by atoms with van der Waals surface area (Å²) in [5, 5.41) is 0. The molecule has 150 valence electrons. The van der Waals surface area contributed by atoms with Crippen LogP contribution in [-0.2, 0) is 0 Å². The third-order valence-electron chi connectivity index (χ3n) is 6.37. The summed E-state index contributed by atoms with van der Waals surface area (Å²) in [4.78, 5) is 26.6. The fraction of sp³-hybridized carbons (Fsp3) is 0.435. The van der Waals surface area contributed by atoms with E-state index in [4.69, 9.17) is 0 Å². The van der Waals surface area contributed by atoms with E-state index in [0.29, 0.717) is 0 Å². The van der Waals surface area contributed by atoms with Crippen LogP contribution < -0.4 is 0 Å². The molecule has 5 rings (SSSR count). The van der Waals surface area contributed by atoms with E-state index in [1.807, 2.05) is 45.9 Å². The summed E-state index contributed by atoms with van der Waals surface area (Å²) >= 11 is 0. The number of hydrogen-bond donors (Lipinski definition) is 0. The lowest BCUT2D eigenvalue weighted by Crippen LogP contribution is -2.52. The highest BCUT2D eigenvalue weighted by Crippen LogP contribution is 2.24. The second kappa shape index (κ2) is 7.95. The van der Waals surface area contributed by atoms with Gasteiger partial charge in [0.05, 0.1) is 0 Å².